The van der Waals surface area contributed by atoms with Crippen molar-refractivity contribution < 1.29 is 9.47 Å². The van der Waals surface area contributed by atoms with Gasteiger partial charge in [-0.3, -0.25) is 24.1 Å². The van der Waals surface area contributed by atoms with Gasteiger partial charge in [0.25, 0.3) is 5.56 Å². The number of aryl methyl sites for hydroxylation is 1. The number of rotatable bonds is 5. The molecule has 10 heteroatoms. The summed E-state index contributed by atoms with van der Waals surface area (Å²) < 4.78 is 14.7. The van der Waals surface area contributed by atoms with Crippen molar-refractivity contribution in [2.45, 2.75) is 39.1 Å². The Morgan fingerprint density at radius 3 is 2.45 bits per heavy atom. The molecule has 0 bridgehead atoms. The topological polar surface area (TPSA) is 97.6 Å². The van der Waals surface area contributed by atoms with E-state index in [0.717, 1.165) is 51.8 Å². The molecule has 4 rings (SSSR count). The van der Waals surface area contributed by atoms with E-state index in [2.05, 4.69) is 28.6 Å². The van der Waals surface area contributed by atoms with Gasteiger partial charge in [0, 0.05) is 46.3 Å². The number of hydrogen-bond donors (Lipinski definition) is 1. The third-order valence-corrected chi connectivity index (χ3v) is 5.69. The van der Waals surface area contributed by atoms with Crippen LogP contribution in [-0.2, 0) is 29.6 Å². The van der Waals surface area contributed by atoms with E-state index in [9.17, 15) is 9.59 Å². The van der Waals surface area contributed by atoms with Gasteiger partial charge in [-0.1, -0.05) is 0 Å². The fraction of sp³-hybridized carbons (Fsp3) is 0.737. The van der Waals surface area contributed by atoms with Crippen LogP contribution in [0.2, 0.25) is 0 Å². The third-order valence-electron chi connectivity index (χ3n) is 5.69. The number of imidazole rings is 1. The molecule has 2 aliphatic heterocycles. The molecular weight excluding hydrogens is 376 g/mol. The minimum atomic E-state index is -0.444. The van der Waals surface area contributed by atoms with Crippen LogP contribution in [0.15, 0.2) is 9.59 Å². The Kier molecular flexibility index (Phi) is 5.86. The fourth-order valence-electron chi connectivity index (χ4n) is 4.32. The molecule has 2 fully saturated rings. The van der Waals surface area contributed by atoms with Crippen molar-refractivity contribution in [1.82, 2.24) is 28.9 Å². The first-order valence-electron chi connectivity index (χ1n) is 10.3. The van der Waals surface area contributed by atoms with Gasteiger partial charge in [0.05, 0.1) is 32.0 Å². The number of fused-ring (bicyclic) bond motifs is 1. The molecule has 0 aromatic carbocycles. The maximum absolute atomic E-state index is 12.6. The highest BCUT2D eigenvalue weighted by molar-refractivity contribution is 5.70. The minimum absolute atomic E-state index is 0.151. The second-order valence-corrected chi connectivity index (χ2v) is 8.08. The summed E-state index contributed by atoms with van der Waals surface area (Å²) in [6.07, 6.45) is 0.301. The number of aromatic amines is 1. The maximum atomic E-state index is 12.6. The first-order chi connectivity index (χ1) is 13.9. The molecule has 29 heavy (non-hydrogen) atoms. The van der Waals surface area contributed by atoms with Crippen LogP contribution in [-0.4, -0.2) is 87.0 Å². The Morgan fingerprint density at radius 2 is 1.76 bits per heavy atom. The van der Waals surface area contributed by atoms with Crippen molar-refractivity contribution in [3.05, 3.63) is 26.7 Å². The highest BCUT2D eigenvalue weighted by Crippen LogP contribution is 2.17. The average Bonchev–Trinajstić information content (AvgIpc) is 3.03. The minimum Gasteiger partial charge on any atom is -0.379 e. The molecule has 0 amide bonds. The van der Waals surface area contributed by atoms with Gasteiger partial charge in [-0.25, -0.2) is 9.78 Å². The van der Waals surface area contributed by atoms with Crippen LogP contribution in [0.25, 0.3) is 11.2 Å². The molecule has 0 aliphatic carbocycles. The lowest BCUT2D eigenvalue weighted by molar-refractivity contribution is -0.0712. The van der Waals surface area contributed by atoms with E-state index in [1.807, 2.05) is 4.57 Å². The lowest BCUT2D eigenvalue weighted by atomic mass is 10.2. The summed E-state index contributed by atoms with van der Waals surface area (Å²) in [5.74, 6) is 0.807. The van der Waals surface area contributed by atoms with Crippen molar-refractivity contribution in [3.63, 3.8) is 0 Å². The average molecular weight is 406 g/mol. The molecule has 160 valence electrons. The fourth-order valence-corrected chi connectivity index (χ4v) is 4.32. The van der Waals surface area contributed by atoms with Gasteiger partial charge in [0.2, 0.25) is 0 Å². The number of H-pyrrole nitrogens is 1. The van der Waals surface area contributed by atoms with E-state index in [1.54, 1.807) is 7.05 Å². The third kappa shape index (κ3) is 4.30. The van der Waals surface area contributed by atoms with Crippen LogP contribution >= 0.6 is 0 Å². The Morgan fingerprint density at radius 1 is 1.07 bits per heavy atom. The Bertz CT molecular complexity index is 963. The first-order valence-corrected chi connectivity index (χ1v) is 10.3. The molecule has 2 saturated heterocycles. The van der Waals surface area contributed by atoms with Gasteiger partial charge in [0.1, 0.15) is 5.82 Å². The van der Waals surface area contributed by atoms with E-state index >= 15 is 0 Å². The number of ether oxygens (including phenoxy) is 2. The first kappa shape index (κ1) is 20.3. The highest BCUT2D eigenvalue weighted by Gasteiger charge is 2.25. The molecule has 1 N–H and O–H groups in total. The van der Waals surface area contributed by atoms with Gasteiger partial charge < -0.3 is 14.0 Å². The van der Waals surface area contributed by atoms with Gasteiger partial charge in [-0.15, -0.1) is 0 Å². The van der Waals surface area contributed by atoms with Crippen LogP contribution < -0.4 is 11.2 Å². The molecular formula is C19H30N6O4. The van der Waals surface area contributed by atoms with Crippen LogP contribution in [0.5, 0.6) is 0 Å². The van der Waals surface area contributed by atoms with Crippen molar-refractivity contribution >= 4 is 11.2 Å². The number of nitrogens with one attached hydrogen (secondary N) is 1. The Hall–Kier alpha value is -2.01. The van der Waals surface area contributed by atoms with Crippen molar-refractivity contribution in [3.8, 4) is 0 Å². The molecule has 10 nitrogen and oxygen atoms in total. The number of nitrogens with zero attached hydrogens (tertiary/aromatic N) is 5. The molecule has 0 unspecified atom stereocenters. The molecule has 2 atom stereocenters. The lowest BCUT2D eigenvalue weighted by Gasteiger charge is -2.35. The highest BCUT2D eigenvalue weighted by atomic mass is 16.5. The summed E-state index contributed by atoms with van der Waals surface area (Å²) >= 11 is 0. The smallest absolute Gasteiger partial charge is 0.329 e. The van der Waals surface area contributed by atoms with Gasteiger partial charge in [-0.2, -0.15) is 0 Å². The molecule has 0 spiro atoms. The summed E-state index contributed by atoms with van der Waals surface area (Å²) in [4.78, 5) is 36.5. The van der Waals surface area contributed by atoms with E-state index < -0.39 is 5.69 Å². The summed E-state index contributed by atoms with van der Waals surface area (Å²) in [7, 11) is 1.64. The van der Waals surface area contributed by atoms with E-state index in [0.29, 0.717) is 24.3 Å². The predicted octanol–water partition coefficient (Wildman–Crippen LogP) is -0.635. The van der Waals surface area contributed by atoms with Crippen LogP contribution in [0.4, 0.5) is 0 Å². The van der Waals surface area contributed by atoms with E-state index in [1.165, 1.54) is 4.57 Å². The summed E-state index contributed by atoms with van der Waals surface area (Å²) in [6.45, 7) is 11.1. The number of hydrogen-bond acceptors (Lipinski definition) is 7. The largest absolute Gasteiger partial charge is 0.379 e. The Balaban J connectivity index is 1.67. The molecule has 2 aliphatic rings. The zero-order valence-corrected chi connectivity index (χ0v) is 17.4. The van der Waals surface area contributed by atoms with Crippen molar-refractivity contribution in [2.75, 3.05) is 45.9 Å². The van der Waals surface area contributed by atoms with E-state index in [4.69, 9.17) is 14.5 Å². The van der Waals surface area contributed by atoms with Crippen molar-refractivity contribution in [1.29, 1.82) is 0 Å². The zero-order chi connectivity index (χ0) is 20.5. The van der Waals surface area contributed by atoms with Crippen LogP contribution in [0, 0.1) is 0 Å². The monoisotopic (exact) mass is 406 g/mol. The van der Waals surface area contributed by atoms with Crippen molar-refractivity contribution in [2.24, 2.45) is 7.05 Å². The lowest BCUT2D eigenvalue weighted by Crippen LogP contribution is -2.45. The molecule has 0 radical (unpaired) electrons. The van der Waals surface area contributed by atoms with E-state index in [-0.39, 0.29) is 17.8 Å². The number of aromatic nitrogens is 4. The van der Waals surface area contributed by atoms with Crippen LogP contribution in [0.1, 0.15) is 19.7 Å². The predicted molar refractivity (Wildman–Crippen MR) is 108 cm³/mol. The SMILES string of the molecule is C[C@@H]1CN(Cc2nc3c(c(=O)[nH]c(=O)n3C)n2CCN2CCOCC2)C[C@H](C)O1. The van der Waals surface area contributed by atoms with Crippen LogP contribution in [0.3, 0.4) is 0 Å². The molecule has 2 aromatic rings. The zero-order valence-electron chi connectivity index (χ0n) is 17.4. The standard InChI is InChI=1S/C19H30N6O4/c1-13-10-24(11-14(2)29-13)12-15-20-17-16(18(26)21-19(27)22(17)3)25(15)5-4-23-6-8-28-9-7-23/h13-14H,4-12H2,1-3H3,(H,21,26,27)/t13-,14+. The normalized spacial score (nSPS) is 24.4. The molecule has 0 saturated carbocycles. The maximum Gasteiger partial charge on any atom is 0.329 e. The second kappa shape index (κ2) is 8.39. The van der Waals surface area contributed by atoms with Gasteiger partial charge in [-0.05, 0) is 13.8 Å². The number of morpholine rings is 2. The molecule has 2 aromatic heterocycles. The second-order valence-electron chi connectivity index (χ2n) is 8.08. The summed E-state index contributed by atoms with van der Waals surface area (Å²) in [6, 6.07) is 0. The van der Waals surface area contributed by atoms with Gasteiger partial charge in [0.15, 0.2) is 11.2 Å². The summed E-state index contributed by atoms with van der Waals surface area (Å²) in [5, 5.41) is 0. The summed E-state index contributed by atoms with van der Waals surface area (Å²) in [5.41, 5.74) is 0.0721. The Labute approximate surface area is 169 Å². The quantitative estimate of drug-likeness (QED) is 0.706. The van der Waals surface area contributed by atoms with Gasteiger partial charge >= 0.3 is 5.69 Å². The molecule has 4 heterocycles.